The van der Waals surface area contributed by atoms with Crippen molar-refractivity contribution in [2.75, 3.05) is 20.1 Å². The van der Waals surface area contributed by atoms with Crippen LogP contribution in [0.2, 0.25) is 0 Å². The van der Waals surface area contributed by atoms with Crippen molar-refractivity contribution in [3.05, 3.63) is 39.8 Å². The zero-order valence-corrected chi connectivity index (χ0v) is 15.3. The standard InChI is InChI=1S/C18H19FN4O3S/c1-21-17-14(23(18(21)25)9-16(24)22-7-12(19)8-22)5-11(6-20-17)15-4-3-13(27-15)10-26-2/h3-6,12H,7-10H2,1-2H3/i2D3. The number of imidazole rings is 1. The van der Waals surface area contributed by atoms with Gasteiger partial charge in [0.05, 0.1) is 29.3 Å². The predicted molar refractivity (Wildman–Crippen MR) is 100 cm³/mol. The summed E-state index contributed by atoms with van der Waals surface area (Å²) < 4.78 is 42.0. The molecule has 4 rings (SSSR count). The van der Waals surface area contributed by atoms with Gasteiger partial charge < -0.3 is 9.64 Å². The van der Waals surface area contributed by atoms with E-state index in [4.69, 9.17) is 8.85 Å². The average Bonchev–Trinajstić information content (AvgIpc) is 3.22. The van der Waals surface area contributed by atoms with Gasteiger partial charge in [-0.3, -0.25) is 13.9 Å². The van der Waals surface area contributed by atoms with Crippen molar-refractivity contribution in [2.24, 2.45) is 7.05 Å². The normalized spacial score (nSPS) is 16.8. The molecule has 0 radical (unpaired) electrons. The lowest BCUT2D eigenvalue weighted by molar-refractivity contribution is -0.138. The maximum Gasteiger partial charge on any atom is 0.330 e. The Hall–Kier alpha value is -2.52. The molecule has 1 saturated heterocycles. The third-order valence-corrected chi connectivity index (χ3v) is 5.73. The van der Waals surface area contributed by atoms with Crippen LogP contribution in [0.4, 0.5) is 4.39 Å². The summed E-state index contributed by atoms with van der Waals surface area (Å²) in [6.45, 7) is -0.112. The molecule has 7 nitrogen and oxygen atoms in total. The lowest BCUT2D eigenvalue weighted by atomic mass is 10.2. The van der Waals surface area contributed by atoms with Crippen LogP contribution in [0.3, 0.4) is 0 Å². The monoisotopic (exact) mass is 393 g/mol. The van der Waals surface area contributed by atoms with E-state index < -0.39 is 13.2 Å². The van der Waals surface area contributed by atoms with Gasteiger partial charge in [-0.1, -0.05) is 0 Å². The number of aryl methyl sites for hydroxylation is 1. The Labute approximate surface area is 162 Å². The van der Waals surface area contributed by atoms with Crippen molar-refractivity contribution >= 4 is 28.4 Å². The van der Waals surface area contributed by atoms with E-state index in [-0.39, 0.29) is 37.8 Å². The fourth-order valence-electron chi connectivity index (χ4n) is 3.11. The Morgan fingerprint density at radius 3 is 3.04 bits per heavy atom. The highest BCUT2D eigenvalue weighted by atomic mass is 32.1. The van der Waals surface area contributed by atoms with Crippen LogP contribution in [0.15, 0.2) is 29.2 Å². The molecule has 1 aliphatic rings. The summed E-state index contributed by atoms with van der Waals surface area (Å²) in [5.41, 5.74) is 1.29. The maximum atomic E-state index is 13.1. The van der Waals surface area contributed by atoms with Crippen LogP contribution in [0.1, 0.15) is 8.99 Å². The van der Waals surface area contributed by atoms with Crippen LogP contribution < -0.4 is 5.69 Å². The Bertz CT molecular complexity index is 1160. The number of pyridine rings is 1. The third kappa shape index (κ3) is 3.17. The van der Waals surface area contributed by atoms with Crippen LogP contribution in [0, 0.1) is 0 Å². The van der Waals surface area contributed by atoms with Gasteiger partial charge in [0.1, 0.15) is 12.7 Å². The van der Waals surface area contributed by atoms with E-state index in [1.54, 1.807) is 25.4 Å². The molecule has 0 saturated carbocycles. The molecule has 1 amide bonds. The van der Waals surface area contributed by atoms with Gasteiger partial charge in [0, 0.05) is 35.6 Å². The number of amides is 1. The highest BCUT2D eigenvalue weighted by Crippen LogP contribution is 2.29. The van der Waals surface area contributed by atoms with E-state index in [1.165, 1.54) is 25.4 Å². The van der Waals surface area contributed by atoms with Crippen molar-refractivity contribution in [1.82, 2.24) is 19.0 Å². The molecule has 0 N–H and O–H groups in total. The number of thiophene rings is 1. The number of fused-ring (bicyclic) bond motifs is 1. The van der Waals surface area contributed by atoms with Crippen molar-refractivity contribution < 1.29 is 18.0 Å². The Balaban J connectivity index is 1.63. The van der Waals surface area contributed by atoms with Crippen LogP contribution in [0.5, 0.6) is 0 Å². The molecule has 3 aromatic heterocycles. The highest BCUT2D eigenvalue weighted by Gasteiger charge is 2.31. The molecule has 0 bridgehead atoms. The van der Waals surface area contributed by atoms with E-state index >= 15 is 0 Å². The van der Waals surface area contributed by atoms with Crippen LogP contribution >= 0.6 is 11.3 Å². The smallest absolute Gasteiger partial charge is 0.330 e. The van der Waals surface area contributed by atoms with Gasteiger partial charge in [-0.25, -0.2) is 14.2 Å². The van der Waals surface area contributed by atoms with Gasteiger partial charge in [-0.15, -0.1) is 11.3 Å². The topological polar surface area (TPSA) is 69.4 Å². The molecule has 1 aliphatic heterocycles. The van der Waals surface area contributed by atoms with E-state index in [0.717, 1.165) is 15.3 Å². The second-order valence-electron chi connectivity index (χ2n) is 6.45. The lowest BCUT2D eigenvalue weighted by Gasteiger charge is -2.34. The summed E-state index contributed by atoms with van der Waals surface area (Å²) >= 11 is 1.36. The molecule has 9 heteroatoms. The van der Waals surface area contributed by atoms with Crippen LogP contribution in [0.25, 0.3) is 21.6 Å². The molecule has 0 atom stereocenters. The number of nitrogens with zero attached hydrogens (tertiary/aromatic N) is 4. The van der Waals surface area contributed by atoms with Gasteiger partial charge in [0.2, 0.25) is 5.91 Å². The Morgan fingerprint density at radius 1 is 1.48 bits per heavy atom. The Morgan fingerprint density at radius 2 is 2.30 bits per heavy atom. The summed E-state index contributed by atoms with van der Waals surface area (Å²) in [5.74, 6) is -0.316. The molecular formula is C18H19FN4O3S. The van der Waals surface area contributed by atoms with Crippen molar-refractivity contribution in [3.8, 4) is 10.4 Å². The van der Waals surface area contributed by atoms with E-state index in [1.807, 2.05) is 6.07 Å². The summed E-state index contributed by atoms with van der Waals surface area (Å²) in [6.07, 6.45) is 0.617. The summed E-state index contributed by atoms with van der Waals surface area (Å²) in [6, 6.07) is 5.36. The molecule has 0 unspecified atom stereocenters. The fourth-order valence-corrected chi connectivity index (χ4v) is 4.01. The minimum absolute atomic E-state index is 0.0349. The van der Waals surface area contributed by atoms with Crippen molar-refractivity contribution in [2.45, 2.75) is 19.3 Å². The molecule has 0 aliphatic carbocycles. The van der Waals surface area contributed by atoms with Gasteiger partial charge in [0.15, 0.2) is 5.65 Å². The predicted octanol–water partition coefficient (Wildman–Crippen LogP) is 1.79. The first-order chi connectivity index (χ1) is 14.1. The van der Waals surface area contributed by atoms with Crippen LogP contribution in [-0.4, -0.2) is 51.2 Å². The van der Waals surface area contributed by atoms with E-state index in [9.17, 15) is 14.0 Å². The number of aromatic nitrogens is 3. The summed E-state index contributed by atoms with van der Waals surface area (Å²) in [5, 5.41) is 0. The van der Waals surface area contributed by atoms with Gasteiger partial charge in [-0.2, -0.15) is 0 Å². The lowest BCUT2D eigenvalue weighted by Crippen LogP contribution is -2.52. The minimum Gasteiger partial charge on any atom is -0.379 e. The molecule has 4 heterocycles. The number of hydrogen-bond donors (Lipinski definition) is 0. The quantitative estimate of drug-likeness (QED) is 0.663. The number of rotatable bonds is 5. The number of methoxy groups -OCH3 is 1. The number of ether oxygens (including phenoxy) is 1. The van der Waals surface area contributed by atoms with Gasteiger partial charge in [0.25, 0.3) is 0 Å². The zero-order chi connectivity index (χ0) is 21.6. The van der Waals surface area contributed by atoms with Gasteiger partial charge in [-0.05, 0) is 18.2 Å². The number of likely N-dealkylation sites (tertiary alicyclic amines) is 1. The molecule has 1 fully saturated rings. The molecule has 0 aromatic carbocycles. The van der Waals surface area contributed by atoms with Crippen LogP contribution in [-0.2, 0) is 29.7 Å². The number of carbonyl (C=O) groups excluding carboxylic acids is 1. The Kier molecular flexibility index (Phi) is 3.71. The maximum absolute atomic E-state index is 13.1. The second-order valence-corrected chi connectivity index (χ2v) is 7.61. The molecule has 27 heavy (non-hydrogen) atoms. The first kappa shape index (κ1) is 14.5. The molecule has 142 valence electrons. The second kappa shape index (κ2) is 6.90. The number of carbonyl (C=O) groups is 1. The number of halogens is 1. The zero-order valence-electron chi connectivity index (χ0n) is 17.5. The minimum atomic E-state index is -2.46. The molecule has 3 aromatic rings. The summed E-state index contributed by atoms with van der Waals surface area (Å²) in [7, 11) is -0.884. The fraction of sp³-hybridized carbons (Fsp3) is 0.389. The van der Waals surface area contributed by atoms with E-state index in [2.05, 4.69) is 4.98 Å². The molecule has 0 spiro atoms. The summed E-state index contributed by atoms with van der Waals surface area (Å²) in [4.78, 5) is 32.3. The van der Waals surface area contributed by atoms with Crippen molar-refractivity contribution in [1.29, 1.82) is 0 Å². The number of alkyl halides is 1. The van der Waals surface area contributed by atoms with E-state index in [0.29, 0.717) is 11.2 Å². The average molecular weight is 393 g/mol. The number of hydrogen-bond acceptors (Lipinski definition) is 5. The molecular weight excluding hydrogens is 371 g/mol. The SMILES string of the molecule is [2H]C([2H])([2H])OCc1ccc(-c2cnc3c(c2)n(CC(=O)N2CC(F)C2)c(=O)n3C)s1. The highest BCUT2D eigenvalue weighted by molar-refractivity contribution is 7.15. The first-order valence-electron chi connectivity index (χ1n) is 9.82. The van der Waals surface area contributed by atoms with Gasteiger partial charge >= 0.3 is 5.69 Å². The first-order valence-corrected chi connectivity index (χ1v) is 9.14. The third-order valence-electron chi connectivity index (χ3n) is 4.62. The van der Waals surface area contributed by atoms with Crippen molar-refractivity contribution in [3.63, 3.8) is 0 Å². The largest absolute Gasteiger partial charge is 0.379 e.